The normalized spacial score (nSPS) is 9.76. The Morgan fingerprint density at radius 2 is 2.06 bits per heavy atom. The zero-order valence-corrected chi connectivity index (χ0v) is 9.44. The van der Waals surface area contributed by atoms with E-state index >= 15 is 0 Å². The summed E-state index contributed by atoms with van der Waals surface area (Å²) in [5.74, 6) is -1.59. The van der Waals surface area contributed by atoms with Gasteiger partial charge < -0.3 is 0 Å². The van der Waals surface area contributed by atoms with Gasteiger partial charge >= 0.3 is 11.9 Å². The van der Waals surface area contributed by atoms with Crippen LogP contribution in [0.2, 0.25) is 0 Å². The second-order valence-corrected chi connectivity index (χ2v) is 3.51. The second-order valence-electron chi connectivity index (χ2n) is 3.51. The molecule has 92 valence electrons. The highest BCUT2D eigenvalue weighted by Gasteiger charge is 2.06. The molecule has 0 saturated heterocycles. The van der Waals surface area contributed by atoms with Crippen LogP contribution in [0.4, 0.5) is 4.39 Å². The largest absolute Gasteiger partial charge is 0.355 e. The summed E-state index contributed by atoms with van der Waals surface area (Å²) < 4.78 is 12.8. The first-order valence-electron chi connectivity index (χ1n) is 5.20. The van der Waals surface area contributed by atoms with E-state index in [-0.39, 0.29) is 12.2 Å². The lowest BCUT2D eigenvalue weighted by molar-refractivity contribution is -0.257. The van der Waals surface area contributed by atoms with Gasteiger partial charge in [-0.15, -0.1) is 0 Å². The van der Waals surface area contributed by atoms with Gasteiger partial charge in [-0.3, -0.25) is 0 Å². The van der Waals surface area contributed by atoms with E-state index in [1.807, 2.05) is 0 Å². The van der Waals surface area contributed by atoms with Crippen LogP contribution in [0.5, 0.6) is 0 Å². The minimum atomic E-state index is -0.677. The molecule has 0 N–H and O–H groups in total. The minimum absolute atomic E-state index is 0.115. The van der Waals surface area contributed by atoms with Crippen LogP contribution in [0.3, 0.4) is 0 Å². The average Bonchev–Trinajstić information content (AvgIpc) is 2.26. The number of aryl methyl sites for hydroxylation is 1. The topological polar surface area (TPSA) is 52.6 Å². The lowest BCUT2D eigenvalue weighted by atomic mass is 10.1. The Morgan fingerprint density at radius 1 is 1.29 bits per heavy atom. The molecular formula is C12H13FO4. The van der Waals surface area contributed by atoms with Crippen LogP contribution in [0.25, 0.3) is 0 Å². The van der Waals surface area contributed by atoms with E-state index in [1.54, 1.807) is 12.1 Å². The first-order valence-corrected chi connectivity index (χ1v) is 5.20. The van der Waals surface area contributed by atoms with Gasteiger partial charge in [0, 0.05) is 6.92 Å². The van der Waals surface area contributed by atoms with Gasteiger partial charge in [0.2, 0.25) is 0 Å². The Morgan fingerprint density at radius 3 is 2.71 bits per heavy atom. The Hall–Kier alpha value is -1.91. The second kappa shape index (κ2) is 6.62. The maximum Gasteiger partial charge on any atom is 0.355 e. The van der Waals surface area contributed by atoms with Crippen LogP contribution in [-0.2, 0) is 25.8 Å². The van der Waals surface area contributed by atoms with Crippen molar-refractivity contribution < 1.29 is 23.8 Å². The Kier molecular flexibility index (Phi) is 5.13. The van der Waals surface area contributed by atoms with Crippen LogP contribution >= 0.6 is 0 Å². The Bertz CT molecular complexity index is 403. The molecule has 0 aliphatic heterocycles. The van der Waals surface area contributed by atoms with Crippen molar-refractivity contribution in [3.63, 3.8) is 0 Å². The molecule has 0 atom stereocenters. The summed E-state index contributed by atoms with van der Waals surface area (Å²) in [6.45, 7) is 1.14. The number of hydrogen-bond donors (Lipinski definition) is 0. The van der Waals surface area contributed by atoms with E-state index in [9.17, 15) is 14.0 Å². The number of rotatable bonds is 4. The highest BCUT2D eigenvalue weighted by atomic mass is 19.1. The molecule has 0 amide bonds. The molecule has 0 aliphatic rings. The predicted octanol–water partition coefficient (Wildman–Crippen LogP) is 2.17. The van der Waals surface area contributed by atoms with Crippen molar-refractivity contribution >= 4 is 11.9 Å². The molecule has 1 aromatic rings. The average molecular weight is 240 g/mol. The minimum Gasteiger partial charge on any atom is -0.248 e. The summed E-state index contributed by atoms with van der Waals surface area (Å²) in [4.78, 5) is 29.7. The molecule has 0 bridgehead atoms. The molecule has 0 aliphatic carbocycles. The summed E-state index contributed by atoms with van der Waals surface area (Å²) in [5, 5.41) is 0. The number of benzene rings is 1. The first-order chi connectivity index (χ1) is 8.08. The molecule has 5 heteroatoms. The molecule has 17 heavy (non-hydrogen) atoms. The highest BCUT2D eigenvalue weighted by Crippen LogP contribution is 2.08. The van der Waals surface area contributed by atoms with Crippen molar-refractivity contribution in [2.24, 2.45) is 0 Å². The van der Waals surface area contributed by atoms with Crippen LogP contribution < -0.4 is 0 Å². The number of halogens is 1. The van der Waals surface area contributed by atoms with Gasteiger partial charge in [-0.05, 0) is 30.5 Å². The third-order valence-corrected chi connectivity index (χ3v) is 1.99. The Balaban J connectivity index is 2.23. The van der Waals surface area contributed by atoms with E-state index < -0.39 is 11.9 Å². The molecule has 4 nitrogen and oxygen atoms in total. The maximum absolute atomic E-state index is 12.8. The monoisotopic (exact) mass is 240 g/mol. The van der Waals surface area contributed by atoms with Gasteiger partial charge in [-0.2, -0.15) is 0 Å². The SMILES string of the molecule is CC(=O)OOC(=O)CCCc1cccc(F)c1. The summed E-state index contributed by atoms with van der Waals surface area (Å²) >= 11 is 0. The Labute approximate surface area is 98.3 Å². The summed E-state index contributed by atoms with van der Waals surface area (Å²) in [5.41, 5.74) is 0.810. The standard InChI is InChI=1S/C12H13FO4/c1-9(14)16-17-12(15)7-3-5-10-4-2-6-11(13)8-10/h2,4,6,8H,3,5,7H2,1H3. The molecule has 0 fully saturated rings. The number of carbonyl (C=O) groups is 2. The third kappa shape index (κ3) is 5.65. The fourth-order valence-electron chi connectivity index (χ4n) is 1.28. The van der Waals surface area contributed by atoms with E-state index in [0.29, 0.717) is 12.8 Å². The van der Waals surface area contributed by atoms with E-state index in [0.717, 1.165) is 12.5 Å². The molecule has 0 saturated carbocycles. The molecular weight excluding hydrogens is 227 g/mol. The number of hydrogen-bond acceptors (Lipinski definition) is 4. The fraction of sp³-hybridized carbons (Fsp3) is 0.333. The van der Waals surface area contributed by atoms with Crippen molar-refractivity contribution in [3.05, 3.63) is 35.6 Å². The molecule has 0 heterocycles. The fourth-order valence-corrected chi connectivity index (χ4v) is 1.28. The summed E-state index contributed by atoms with van der Waals surface area (Å²) in [6, 6.07) is 6.16. The van der Waals surface area contributed by atoms with Crippen molar-refractivity contribution in [1.29, 1.82) is 0 Å². The van der Waals surface area contributed by atoms with E-state index in [1.165, 1.54) is 12.1 Å². The van der Waals surface area contributed by atoms with Crippen LogP contribution in [0.1, 0.15) is 25.3 Å². The molecule has 0 unspecified atom stereocenters. The predicted molar refractivity (Wildman–Crippen MR) is 57.2 cm³/mol. The quantitative estimate of drug-likeness (QED) is 0.597. The van der Waals surface area contributed by atoms with Crippen LogP contribution in [-0.4, -0.2) is 11.9 Å². The molecule has 0 spiro atoms. The van der Waals surface area contributed by atoms with Gasteiger partial charge in [0.25, 0.3) is 0 Å². The molecule has 0 aromatic heterocycles. The van der Waals surface area contributed by atoms with E-state index in [2.05, 4.69) is 9.78 Å². The van der Waals surface area contributed by atoms with Gasteiger partial charge in [0.05, 0.1) is 6.42 Å². The van der Waals surface area contributed by atoms with Crippen molar-refractivity contribution in [1.82, 2.24) is 0 Å². The van der Waals surface area contributed by atoms with E-state index in [4.69, 9.17) is 0 Å². The zero-order valence-electron chi connectivity index (χ0n) is 9.44. The van der Waals surface area contributed by atoms with Crippen molar-refractivity contribution in [2.75, 3.05) is 0 Å². The van der Waals surface area contributed by atoms with Crippen LogP contribution in [0, 0.1) is 5.82 Å². The van der Waals surface area contributed by atoms with Gasteiger partial charge in [0.15, 0.2) is 0 Å². The van der Waals surface area contributed by atoms with Crippen molar-refractivity contribution in [3.8, 4) is 0 Å². The molecule has 1 rings (SSSR count). The van der Waals surface area contributed by atoms with Gasteiger partial charge in [0.1, 0.15) is 5.82 Å². The lowest BCUT2D eigenvalue weighted by Gasteiger charge is -2.02. The first kappa shape index (κ1) is 13.2. The third-order valence-electron chi connectivity index (χ3n) is 1.99. The summed E-state index contributed by atoms with van der Waals surface area (Å²) in [6.07, 6.45) is 1.18. The van der Waals surface area contributed by atoms with Gasteiger partial charge in [-0.25, -0.2) is 23.8 Å². The zero-order chi connectivity index (χ0) is 12.7. The van der Waals surface area contributed by atoms with Crippen LogP contribution in [0.15, 0.2) is 24.3 Å². The molecule has 0 radical (unpaired) electrons. The number of carbonyl (C=O) groups excluding carboxylic acids is 2. The smallest absolute Gasteiger partial charge is 0.248 e. The lowest BCUT2D eigenvalue weighted by Crippen LogP contribution is -2.08. The van der Waals surface area contributed by atoms with Crippen molar-refractivity contribution in [2.45, 2.75) is 26.2 Å². The van der Waals surface area contributed by atoms with Gasteiger partial charge in [-0.1, -0.05) is 12.1 Å². The highest BCUT2D eigenvalue weighted by molar-refractivity contribution is 5.71. The molecule has 1 aromatic carbocycles. The summed E-state index contributed by atoms with van der Waals surface area (Å²) in [7, 11) is 0. The maximum atomic E-state index is 12.8.